The fourth-order valence-electron chi connectivity index (χ4n) is 1.49. The van der Waals surface area contributed by atoms with E-state index < -0.39 is 17.9 Å². The molecular weight excluding hydrogens is 298 g/mol. The van der Waals surface area contributed by atoms with Gasteiger partial charge in [0.1, 0.15) is 6.04 Å². The van der Waals surface area contributed by atoms with Gasteiger partial charge in [0.15, 0.2) is 0 Å². The SMILES string of the molecule is CSCC[C@H](NC(=O)/C=C/c1ccccc1Cl)C(=O)O. The van der Waals surface area contributed by atoms with Crippen molar-refractivity contribution in [3.05, 3.63) is 40.9 Å². The van der Waals surface area contributed by atoms with Crippen molar-refractivity contribution in [3.63, 3.8) is 0 Å². The lowest BCUT2D eigenvalue weighted by molar-refractivity contribution is -0.141. The number of benzene rings is 1. The van der Waals surface area contributed by atoms with E-state index in [4.69, 9.17) is 16.7 Å². The highest BCUT2D eigenvalue weighted by atomic mass is 35.5. The Morgan fingerprint density at radius 2 is 2.15 bits per heavy atom. The van der Waals surface area contributed by atoms with Gasteiger partial charge in [-0.15, -0.1) is 0 Å². The van der Waals surface area contributed by atoms with Gasteiger partial charge in [-0.3, -0.25) is 4.79 Å². The summed E-state index contributed by atoms with van der Waals surface area (Å²) in [5.41, 5.74) is 0.709. The highest BCUT2D eigenvalue weighted by Crippen LogP contribution is 2.16. The van der Waals surface area contributed by atoms with Crippen molar-refractivity contribution in [2.45, 2.75) is 12.5 Å². The molecule has 0 heterocycles. The van der Waals surface area contributed by atoms with Crippen LogP contribution >= 0.6 is 23.4 Å². The zero-order chi connectivity index (χ0) is 15.0. The van der Waals surface area contributed by atoms with Gasteiger partial charge in [-0.1, -0.05) is 29.8 Å². The van der Waals surface area contributed by atoms with E-state index in [-0.39, 0.29) is 0 Å². The van der Waals surface area contributed by atoms with Crippen molar-refractivity contribution < 1.29 is 14.7 Å². The molecule has 0 bridgehead atoms. The van der Waals surface area contributed by atoms with Crippen LogP contribution in [0.5, 0.6) is 0 Å². The van der Waals surface area contributed by atoms with Gasteiger partial charge in [0, 0.05) is 11.1 Å². The Bertz CT molecular complexity index is 505. The van der Waals surface area contributed by atoms with Crippen LogP contribution in [0.1, 0.15) is 12.0 Å². The van der Waals surface area contributed by atoms with E-state index in [1.807, 2.05) is 12.3 Å². The Morgan fingerprint density at radius 1 is 1.45 bits per heavy atom. The van der Waals surface area contributed by atoms with Crippen molar-refractivity contribution in [1.82, 2.24) is 5.32 Å². The van der Waals surface area contributed by atoms with Gasteiger partial charge < -0.3 is 10.4 Å². The van der Waals surface area contributed by atoms with Gasteiger partial charge >= 0.3 is 5.97 Å². The quantitative estimate of drug-likeness (QED) is 0.760. The highest BCUT2D eigenvalue weighted by Gasteiger charge is 2.17. The zero-order valence-electron chi connectivity index (χ0n) is 11.0. The third-order valence-corrected chi connectivity index (χ3v) is 3.53. The molecule has 0 saturated heterocycles. The Balaban J connectivity index is 2.61. The minimum absolute atomic E-state index is 0.391. The monoisotopic (exact) mass is 313 g/mol. The third kappa shape index (κ3) is 5.67. The molecule has 20 heavy (non-hydrogen) atoms. The second-order valence-corrected chi connectivity index (χ2v) is 5.43. The number of carboxylic acids is 1. The fraction of sp³-hybridized carbons (Fsp3) is 0.286. The molecule has 0 spiro atoms. The maximum atomic E-state index is 11.7. The molecule has 0 unspecified atom stereocenters. The summed E-state index contributed by atoms with van der Waals surface area (Å²) in [6.45, 7) is 0. The average molecular weight is 314 g/mol. The highest BCUT2D eigenvalue weighted by molar-refractivity contribution is 7.98. The predicted molar refractivity (Wildman–Crippen MR) is 83.1 cm³/mol. The maximum absolute atomic E-state index is 11.7. The minimum Gasteiger partial charge on any atom is -0.480 e. The van der Waals surface area contributed by atoms with E-state index in [0.717, 1.165) is 0 Å². The number of aliphatic carboxylic acids is 1. The van der Waals surface area contributed by atoms with Crippen LogP contribution in [0.3, 0.4) is 0 Å². The van der Waals surface area contributed by atoms with E-state index >= 15 is 0 Å². The summed E-state index contributed by atoms with van der Waals surface area (Å²) in [4.78, 5) is 22.7. The lowest BCUT2D eigenvalue weighted by Gasteiger charge is -2.12. The first-order valence-corrected chi connectivity index (χ1v) is 7.76. The lowest BCUT2D eigenvalue weighted by Crippen LogP contribution is -2.40. The number of carboxylic acid groups (broad SMARTS) is 1. The third-order valence-electron chi connectivity index (χ3n) is 2.54. The molecule has 1 atom stereocenters. The molecule has 6 heteroatoms. The van der Waals surface area contributed by atoms with Crippen LogP contribution in [0, 0.1) is 0 Å². The summed E-state index contributed by atoms with van der Waals surface area (Å²) in [6, 6.07) is 6.22. The second kappa shape index (κ2) is 8.66. The second-order valence-electron chi connectivity index (χ2n) is 4.04. The van der Waals surface area contributed by atoms with Gasteiger partial charge in [0.25, 0.3) is 0 Å². The largest absolute Gasteiger partial charge is 0.480 e. The van der Waals surface area contributed by atoms with Crippen LogP contribution in [0.25, 0.3) is 6.08 Å². The Labute approximate surface area is 127 Å². The standard InChI is InChI=1S/C14H16ClNO3S/c1-20-9-8-12(14(18)19)16-13(17)7-6-10-4-2-3-5-11(10)15/h2-7,12H,8-9H2,1H3,(H,16,17)(H,18,19)/b7-6+/t12-/m0/s1. The zero-order valence-corrected chi connectivity index (χ0v) is 12.6. The number of nitrogens with one attached hydrogen (secondary N) is 1. The molecule has 1 aromatic carbocycles. The Morgan fingerprint density at radius 3 is 2.75 bits per heavy atom. The maximum Gasteiger partial charge on any atom is 0.326 e. The number of amides is 1. The minimum atomic E-state index is -1.03. The summed E-state index contributed by atoms with van der Waals surface area (Å²) in [5, 5.41) is 12.0. The Kier molecular flexibility index (Phi) is 7.18. The molecule has 0 fully saturated rings. The molecule has 1 amide bonds. The fourth-order valence-corrected chi connectivity index (χ4v) is 2.16. The van der Waals surface area contributed by atoms with E-state index in [1.54, 1.807) is 24.3 Å². The molecule has 0 radical (unpaired) electrons. The molecule has 1 aromatic rings. The molecule has 108 valence electrons. The summed E-state index contributed by atoms with van der Waals surface area (Å²) >= 11 is 7.49. The van der Waals surface area contributed by atoms with Crippen LogP contribution in [-0.2, 0) is 9.59 Å². The summed E-state index contributed by atoms with van der Waals surface area (Å²) in [6.07, 6.45) is 5.13. The molecule has 0 aliphatic heterocycles. The predicted octanol–water partition coefficient (Wildman–Crippen LogP) is 2.68. The van der Waals surface area contributed by atoms with E-state index in [9.17, 15) is 9.59 Å². The number of carbonyl (C=O) groups is 2. The van der Waals surface area contributed by atoms with Gasteiger partial charge in [0.2, 0.25) is 5.91 Å². The van der Waals surface area contributed by atoms with Gasteiger partial charge in [-0.2, -0.15) is 11.8 Å². The van der Waals surface area contributed by atoms with Crippen molar-refractivity contribution in [2.24, 2.45) is 0 Å². The first-order valence-electron chi connectivity index (χ1n) is 5.99. The number of rotatable bonds is 7. The van der Waals surface area contributed by atoms with Gasteiger partial charge in [-0.05, 0) is 36.1 Å². The lowest BCUT2D eigenvalue weighted by atomic mass is 10.2. The van der Waals surface area contributed by atoms with Crippen LogP contribution < -0.4 is 5.32 Å². The molecule has 0 aliphatic rings. The van der Waals surface area contributed by atoms with Crippen LogP contribution in [0.2, 0.25) is 5.02 Å². The first kappa shape index (κ1) is 16.6. The van der Waals surface area contributed by atoms with E-state index in [0.29, 0.717) is 22.8 Å². The number of hydrogen-bond donors (Lipinski definition) is 2. The number of carbonyl (C=O) groups excluding carboxylic acids is 1. The summed E-state index contributed by atoms with van der Waals surface area (Å²) in [7, 11) is 0. The Hall–Kier alpha value is -1.46. The van der Waals surface area contributed by atoms with Crippen molar-refractivity contribution in [2.75, 3.05) is 12.0 Å². The summed E-state index contributed by atoms with van der Waals surface area (Å²) < 4.78 is 0. The number of thioether (sulfide) groups is 1. The molecule has 0 saturated carbocycles. The number of hydrogen-bond acceptors (Lipinski definition) is 3. The smallest absolute Gasteiger partial charge is 0.326 e. The molecule has 2 N–H and O–H groups in total. The molecule has 0 aromatic heterocycles. The van der Waals surface area contributed by atoms with E-state index in [2.05, 4.69) is 5.32 Å². The molecular formula is C14H16ClNO3S. The van der Waals surface area contributed by atoms with Crippen molar-refractivity contribution >= 4 is 41.3 Å². The average Bonchev–Trinajstić information content (AvgIpc) is 2.42. The topological polar surface area (TPSA) is 66.4 Å². The summed E-state index contributed by atoms with van der Waals surface area (Å²) in [5.74, 6) is -0.803. The van der Waals surface area contributed by atoms with Gasteiger partial charge in [-0.25, -0.2) is 4.79 Å². The van der Waals surface area contributed by atoms with Crippen LogP contribution in [0.15, 0.2) is 30.3 Å². The molecule has 1 rings (SSSR count). The molecule has 0 aliphatic carbocycles. The first-order chi connectivity index (χ1) is 9.54. The van der Waals surface area contributed by atoms with Crippen molar-refractivity contribution in [1.29, 1.82) is 0 Å². The van der Waals surface area contributed by atoms with Gasteiger partial charge in [0.05, 0.1) is 0 Å². The van der Waals surface area contributed by atoms with Crippen LogP contribution in [-0.4, -0.2) is 35.0 Å². The van der Waals surface area contributed by atoms with E-state index in [1.165, 1.54) is 17.8 Å². The normalized spacial score (nSPS) is 12.3. The molecule has 4 nitrogen and oxygen atoms in total. The van der Waals surface area contributed by atoms with Crippen LogP contribution in [0.4, 0.5) is 0 Å². The number of halogens is 1. The van der Waals surface area contributed by atoms with Crippen molar-refractivity contribution in [3.8, 4) is 0 Å².